The van der Waals surface area contributed by atoms with Gasteiger partial charge in [0.15, 0.2) is 0 Å². The maximum Gasteiger partial charge on any atom is 0.261 e. The minimum Gasteiger partial charge on any atom is -0.361 e. The van der Waals surface area contributed by atoms with Gasteiger partial charge in [-0.1, -0.05) is 23.4 Å². The first-order valence-electron chi connectivity index (χ1n) is 11.0. The number of aromatic nitrogens is 3. The number of carbonyl (C=O) groups excluding carboxylic acids is 2. The van der Waals surface area contributed by atoms with Crippen LogP contribution in [0.15, 0.2) is 41.1 Å². The Kier molecular flexibility index (Phi) is 6.39. The molecule has 1 aromatic carbocycles. The number of carbonyl (C=O) groups is 2. The van der Waals surface area contributed by atoms with Crippen molar-refractivity contribution in [1.29, 1.82) is 0 Å². The van der Waals surface area contributed by atoms with Crippen LogP contribution in [0.1, 0.15) is 58.2 Å². The maximum absolute atomic E-state index is 13.1. The molecular formula is C24H29N5O3. The first-order valence-corrected chi connectivity index (χ1v) is 11.0. The maximum atomic E-state index is 13.1. The number of nitrogens with zero attached hydrogens (tertiary/aromatic N) is 4. The molecule has 1 N–H and O–H groups in total. The molecule has 0 bridgehead atoms. The van der Waals surface area contributed by atoms with Crippen molar-refractivity contribution in [3.63, 3.8) is 0 Å². The third-order valence-electron chi connectivity index (χ3n) is 6.37. The summed E-state index contributed by atoms with van der Waals surface area (Å²) in [5.41, 5.74) is 4.17. The van der Waals surface area contributed by atoms with E-state index in [0.29, 0.717) is 31.5 Å². The van der Waals surface area contributed by atoms with Crippen LogP contribution in [-0.2, 0) is 11.2 Å². The second-order valence-corrected chi connectivity index (χ2v) is 8.35. The smallest absolute Gasteiger partial charge is 0.261 e. The molecule has 2 amide bonds. The van der Waals surface area contributed by atoms with Crippen molar-refractivity contribution in [3.8, 4) is 0 Å². The van der Waals surface area contributed by atoms with Gasteiger partial charge in [0.2, 0.25) is 5.91 Å². The Morgan fingerprint density at radius 2 is 1.91 bits per heavy atom. The van der Waals surface area contributed by atoms with Crippen molar-refractivity contribution < 1.29 is 14.1 Å². The molecular weight excluding hydrogens is 406 g/mol. The van der Waals surface area contributed by atoms with Crippen molar-refractivity contribution in [2.75, 3.05) is 25.0 Å². The molecule has 8 heteroatoms. The van der Waals surface area contributed by atoms with Gasteiger partial charge in [0.1, 0.15) is 5.76 Å². The van der Waals surface area contributed by atoms with Gasteiger partial charge in [-0.3, -0.25) is 14.7 Å². The minimum absolute atomic E-state index is 0.0853. The van der Waals surface area contributed by atoms with Crippen molar-refractivity contribution in [1.82, 2.24) is 20.3 Å². The Bertz CT molecular complexity index is 1060. The van der Waals surface area contributed by atoms with Crippen LogP contribution in [0.2, 0.25) is 0 Å². The Hall–Kier alpha value is -3.42. The van der Waals surface area contributed by atoms with Crippen molar-refractivity contribution in [3.05, 3.63) is 64.8 Å². The lowest BCUT2D eigenvalue weighted by Crippen LogP contribution is -2.38. The molecule has 1 aliphatic rings. The van der Waals surface area contributed by atoms with Gasteiger partial charge in [0.05, 0.1) is 23.1 Å². The van der Waals surface area contributed by atoms with E-state index in [4.69, 9.17) is 4.52 Å². The number of para-hydroxylation sites is 1. The van der Waals surface area contributed by atoms with E-state index in [0.717, 1.165) is 41.2 Å². The summed E-state index contributed by atoms with van der Waals surface area (Å²) in [5, 5.41) is 11.2. The lowest BCUT2D eigenvalue weighted by molar-refractivity contribution is -0.132. The Balaban J connectivity index is 1.35. The minimum atomic E-state index is -0.0853. The molecule has 8 nitrogen and oxygen atoms in total. The van der Waals surface area contributed by atoms with Crippen LogP contribution in [0, 0.1) is 13.8 Å². The van der Waals surface area contributed by atoms with Gasteiger partial charge >= 0.3 is 0 Å². The molecule has 0 unspecified atom stereocenters. The normalized spacial score (nSPS) is 14.5. The predicted molar refractivity (Wildman–Crippen MR) is 121 cm³/mol. The van der Waals surface area contributed by atoms with Crippen LogP contribution >= 0.6 is 0 Å². The number of anilines is 1. The fourth-order valence-electron chi connectivity index (χ4n) is 4.39. The predicted octanol–water partition coefficient (Wildman–Crippen LogP) is 3.63. The van der Waals surface area contributed by atoms with Gasteiger partial charge in [-0.25, -0.2) is 0 Å². The summed E-state index contributed by atoms with van der Waals surface area (Å²) < 4.78 is 5.19. The van der Waals surface area contributed by atoms with Crippen LogP contribution in [0.4, 0.5) is 5.69 Å². The lowest BCUT2D eigenvalue weighted by Gasteiger charge is -2.32. The molecule has 32 heavy (non-hydrogen) atoms. The number of hydrogen-bond acceptors (Lipinski definition) is 5. The zero-order chi connectivity index (χ0) is 22.7. The number of nitrogens with one attached hydrogen (secondary N) is 1. The Morgan fingerprint density at radius 1 is 1.19 bits per heavy atom. The molecule has 1 saturated heterocycles. The van der Waals surface area contributed by atoms with Crippen molar-refractivity contribution >= 4 is 17.5 Å². The summed E-state index contributed by atoms with van der Waals surface area (Å²) in [4.78, 5) is 29.4. The summed E-state index contributed by atoms with van der Waals surface area (Å²) in [6.45, 7) is 5.13. The number of hydrogen-bond donors (Lipinski definition) is 1. The largest absolute Gasteiger partial charge is 0.361 e. The standard InChI is InChI=1S/C24H29N5O3/c1-16-20(17(2)32-27-16)9-10-22(30)29-13-11-18(12-14-29)23-21(15-25-26-23)24(31)28(3)19-7-5-4-6-8-19/h4-8,15,18H,9-14H2,1-3H3,(H,25,26). The highest BCUT2D eigenvalue weighted by Gasteiger charge is 2.29. The quantitative estimate of drug-likeness (QED) is 0.638. The number of aryl methyl sites for hydroxylation is 2. The van der Waals surface area contributed by atoms with E-state index in [9.17, 15) is 9.59 Å². The van der Waals surface area contributed by atoms with E-state index in [1.54, 1.807) is 18.1 Å². The van der Waals surface area contributed by atoms with Crippen molar-refractivity contribution in [2.45, 2.75) is 45.4 Å². The molecule has 1 aliphatic heterocycles. The van der Waals surface area contributed by atoms with Crippen LogP contribution in [0.5, 0.6) is 0 Å². The zero-order valence-corrected chi connectivity index (χ0v) is 18.8. The summed E-state index contributed by atoms with van der Waals surface area (Å²) in [5.74, 6) is 1.02. The van der Waals surface area contributed by atoms with E-state index >= 15 is 0 Å². The number of piperidine rings is 1. The monoisotopic (exact) mass is 435 g/mol. The Labute approximate surface area is 187 Å². The van der Waals surface area contributed by atoms with Crippen LogP contribution in [0.3, 0.4) is 0 Å². The van der Waals surface area contributed by atoms with Crippen molar-refractivity contribution in [2.24, 2.45) is 0 Å². The fourth-order valence-corrected chi connectivity index (χ4v) is 4.39. The SMILES string of the molecule is Cc1noc(C)c1CCC(=O)N1CCC(c2[nH]ncc2C(=O)N(C)c2ccccc2)CC1. The number of amides is 2. The molecule has 3 heterocycles. The van der Waals surface area contributed by atoms with E-state index < -0.39 is 0 Å². The molecule has 0 saturated carbocycles. The highest BCUT2D eigenvalue weighted by atomic mass is 16.5. The van der Waals surface area contributed by atoms with E-state index in [1.807, 2.05) is 49.1 Å². The van der Waals surface area contributed by atoms with Crippen LogP contribution in [-0.4, -0.2) is 52.2 Å². The molecule has 0 radical (unpaired) electrons. The molecule has 0 spiro atoms. The van der Waals surface area contributed by atoms with E-state index in [-0.39, 0.29) is 17.7 Å². The number of aromatic amines is 1. The molecule has 168 valence electrons. The second-order valence-electron chi connectivity index (χ2n) is 8.35. The summed E-state index contributed by atoms with van der Waals surface area (Å²) in [6, 6.07) is 9.56. The van der Waals surface area contributed by atoms with Gasteiger partial charge in [-0.15, -0.1) is 0 Å². The van der Waals surface area contributed by atoms with E-state index in [1.165, 1.54) is 0 Å². The van der Waals surface area contributed by atoms with Gasteiger partial charge in [-0.2, -0.15) is 5.10 Å². The average molecular weight is 436 g/mol. The third kappa shape index (κ3) is 4.44. The number of rotatable bonds is 6. The highest BCUT2D eigenvalue weighted by molar-refractivity contribution is 6.06. The third-order valence-corrected chi connectivity index (χ3v) is 6.37. The Morgan fingerprint density at radius 3 is 2.56 bits per heavy atom. The molecule has 1 fully saturated rings. The fraction of sp³-hybridized carbons (Fsp3) is 0.417. The van der Waals surface area contributed by atoms with Crippen LogP contribution < -0.4 is 4.90 Å². The van der Waals surface area contributed by atoms with Crippen LogP contribution in [0.25, 0.3) is 0 Å². The van der Waals surface area contributed by atoms with Gasteiger partial charge in [0, 0.05) is 43.7 Å². The number of benzene rings is 1. The van der Waals surface area contributed by atoms with Gasteiger partial charge < -0.3 is 14.3 Å². The first kappa shape index (κ1) is 21.8. The van der Waals surface area contributed by atoms with E-state index in [2.05, 4.69) is 15.4 Å². The topological polar surface area (TPSA) is 95.3 Å². The number of likely N-dealkylation sites (tertiary alicyclic amines) is 1. The zero-order valence-electron chi connectivity index (χ0n) is 18.8. The molecule has 4 rings (SSSR count). The summed E-state index contributed by atoms with van der Waals surface area (Å²) in [6.07, 6.45) is 4.30. The molecule has 0 aliphatic carbocycles. The average Bonchev–Trinajstić information content (AvgIpc) is 3.44. The second kappa shape index (κ2) is 9.38. The lowest BCUT2D eigenvalue weighted by atomic mass is 9.90. The van der Waals surface area contributed by atoms with Gasteiger partial charge in [-0.05, 0) is 45.2 Å². The van der Waals surface area contributed by atoms with Gasteiger partial charge in [0.25, 0.3) is 5.91 Å². The molecule has 2 aromatic heterocycles. The first-order chi connectivity index (χ1) is 15.5. The number of H-pyrrole nitrogens is 1. The summed E-state index contributed by atoms with van der Waals surface area (Å²) >= 11 is 0. The molecule has 3 aromatic rings. The highest BCUT2D eigenvalue weighted by Crippen LogP contribution is 2.30. The summed E-state index contributed by atoms with van der Waals surface area (Å²) in [7, 11) is 1.77. The molecule has 0 atom stereocenters.